The summed E-state index contributed by atoms with van der Waals surface area (Å²) < 4.78 is 12.6. The van der Waals surface area contributed by atoms with Crippen LogP contribution in [0.4, 0.5) is 0 Å². The van der Waals surface area contributed by atoms with Crippen LogP contribution >= 0.6 is 21.6 Å². The first-order valence-electron chi connectivity index (χ1n) is 10.0. The lowest BCUT2D eigenvalue weighted by Crippen LogP contribution is -2.36. The predicted molar refractivity (Wildman–Crippen MR) is 115 cm³/mol. The predicted octanol–water partition coefficient (Wildman–Crippen LogP) is -3.18. The third kappa shape index (κ3) is 4.78. The number of aliphatic hydroxyl groups is 6. The first-order valence-corrected chi connectivity index (χ1v) is 12.2. The van der Waals surface area contributed by atoms with Gasteiger partial charge in [-0.25, -0.2) is 9.59 Å². The number of ether oxygens (including phenoxy) is 2. The van der Waals surface area contributed by atoms with Crippen LogP contribution in [0, 0.1) is 0 Å². The van der Waals surface area contributed by atoms with Crippen molar-refractivity contribution in [3.05, 3.63) is 45.5 Å². The molecule has 4 rings (SSSR count). The molecule has 0 bridgehead atoms. The molecule has 0 saturated carbocycles. The van der Waals surface area contributed by atoms with Gasteiger partial charge < -0.3 is 40.1 Å². The zero-order chi connectivity index (χ0) is 24.6. The Labute approximate surface area is 198 Å². The first kappa shape index (κ1) is 25.2. The van der Waals surface area contributed by atoms with Crippen molar-refractivity contribution in [2.45, 2.75) is 59.1 Å². The molecule has 2 fully saturated rings. The van der Waals surface area contributed by atoms with E-state index in [0.717, 1.165) is 30.7 Å². The number of aromatic nitrogens is 4. The van der Waals surface area contributed by atoms with Crippen molar-refractivity contribution in [1.29, 1.82) is 0 Å². The molecule has 2 aliphatic rings. The van der Waals surface area contributed by atoms with Crippen molar-refractivity contribution in [1.82, 2.24) is 19.1 Å². The molecule has 0 aliphatic carbocycles. The highest BCUT2D eigenvalue weighted by molar-refractivity contribution is 8.76. The van der Waals surface area contributed by atoms with Crippen molar-refractivity contribution in [3.8, 4) is 0 Å². The van der Waals surface area contributed by atoms with Gasteiger partial charge in [0.2, 0.25) is 0 Å². The maximum absolute atomic E-state index is 12.4. The Morgan fingerprint density at radius 3 is 1.41 bits per heavy atom. The third-order valence-electron chi connectivity index (χ3n) is 5.40. The monoisotopic (exact) mass is 518 g/mol. The molecule has 2 aromatic heterocycles. The normalized spacial score (nSPS) is 33.5. The van der Waals surface area contributed by atoms with Gasteiger partial charge in [-0.15, -0.1) is 0 Å². The summed E-state index contributed by atoms with van der Waals surface area (Å²) in [6.45, 7) is -1.05. The Hall–Kier alpha value is -1.86. The van der Waals surface area contributed by atoms with E-state index in [1.807, 2.05) is 0 Å². The fraction of sp³-hybridized carbons (Fsp3) is 0.556. The van der Waals surface area contributed by atoms with Crippen LogP contribution in [-0.2, 0) is 9.47 Å². The molecule has 4 heterocycles. The standard InChI is InChI=1S/C18H22N4O10S2/c23-5-7-11(25)13(27)15(31-7)21-3-1-9(19-17(21)29)33-34-10-2-4-22(18(30)20-10)16-14(28)12(26)8(6-24)32-16/h1-4,7-8,11-16,23-28H,5-6H2/t7-,8-,11+,12+,13+,14+,15-,16+/m0/s1. The smallest absolute Gasteiger partial charge is 0.350 e. The summed E-state index contributed by atoms with van der Waals surface area (Å²) in [5.74, 6) is 0. The van der Waals surface area contributed by atoms with E-state index in [-0.39, 0.29) is 10.1 Å². The lowest BCUT2D eigenvalue weighted by atomic mass is 10.1. The molecule has 8 atom stereocenters. The van der Waals surface area contributed by atoms with Crippen LogP contribution in [0.5, 0.6) is 0 Å². The highest BCUT2D eigenvalue weighted by Crippen LogP contribution is 2.35. The Morgan fingerprint density at radius 1 is 0.735 bits per heavy atom. The van der Waals surface area contributed by atoms with Crippen molar-refractivity contribution < 1.29 is 40.1 Å². The minimum Gasteiger partial charge on any atom is -0.394 e. The molecule has 0 spiro atoms. The largest absolute Gasteiger partial charge is 0.394 e. The van der Waals surface area contributed by atoms with Gasteiger partial charge >= 0.3 is 11.4 Å². The van der Waals surface area contributed by atoms with Gasteiger partial charge in [0, 0.05) is 12.4 Å². The second kappa shape index (κ2) is 10.4. The molecule has 186 valence electrons. The number of aliphatic hydroxyl groups excluding tert-OH is 6. The van der Waals surface area contributed by atoms with Gasteiger partial charge in [0.1, 0.15) is 46.7 Å². The quantitative estimate of drug-likeness (QED) is 0.158. The van der Waals surface area contributed by atoms with Gasteiger partial charge in [-0.05, 0) is 33.7 Å². The lowest BCUT2D eigenvalue weighted by Gasteiger charge is -2.17. The molecule has 2 aromatic rings. The molecular weight excluding hydrogens is 496 g/mol. The van der Waals surface area contributed by atoms with Gasteiger partial charge in [0.15, 0.2) is 12.5 Å². The van der Waals surface area contributed by atoms with Crippen molar-refractivity contribution in [2.75, 3.05) is 13.2 Å². The van der Waals surface area contributed by atoms with Gasteiger partial charge in [-0.2, -0.15) is 9.97 Å². The minimum atomic E-state index is -1.42. The molecule has 2 aliphatic heterocycles. The lowest BCUT2D eigenvalue weighted by molar-refractivity contribution is -0.0551. The fourth-order valence-electron chi connectivity index (χ4n) is 3.58. The van der Waals surface area contributed by atoms with E-state index in [9.17, 15) is 40.2 Å². The number of nitrogens with zero attached hydrogens (tertiary/aromatic N) is 4. The number of hydrogen-bond donors (Lipinski definition) is 6. The SMILES string of the molecule is O=c1nc(SSc2ccn([C@H]3O[C@@H](CO)[C@@H](O)[C@H]3O)c(=O)n2)ccn1[C@@H]1O[C@@H](CO)[C@@H](O)[C@H]1O. The Morgan fingerprint density at radius 2 is 1.12 bits per heavy atom. The molecule has 16 heteroatoms. The molecule has 14 nitrogen and oxygen atoms in total. The molecule has 34 heavy (non-hydrogen) atoms. The molecule has 0 aromatic carbocycles. The maximum atomic E-state index is 12.4. The average Bonchev–Trinajstić information content (AvgIpc) is 3.27. The van der Waals surface area contributed by atoms with Gasteiger partial charge in [-0.3, -0.25) is 9.13 Å². The molecule has 0 radical (unpaired) electrons. The van der Waals surface area contributed by atoms with Crippen molar-refractivity contribution in [2.24, 2.45) is 0 Å². The summed E-state index contributed by atoms with van der Waals surface area (Å²) in [6, 6.07) is 2.93. The molecule has 2 saturated heterocycles. The van der Waals surface area contributed by atoms with E-state index in [0.29, 0.717) is 0 Å². The number of rotatable bonds is 7. The summed E-state index contributed by atoms with van der Waals surface area (Å²) in [5, 5.41) is 58.7. The van der Waals surface area contributed by atoms with Gasteiger partial charge in [0.25, 0.3) is 0 Å². The molecule has 6 N–H and O–H groups in total. The number of hydrogen-bond acceptors (Lipinski definition) is 14. The van der Waals surface area contributed by atoms with Crippen LogP contribution in [0.1, 0.15) is 12.5 Å². The third-order valence-corrected chi connectivity index (χ3v) is 7.56. The van der Waals surface area contributed by atoms with Crippen LogP contribution in [0.3, 0.4) is 0 Å². The van der Waals surface area contributed by atoms with Crippen LogP contribution in [0.25, 0.3) is 0 Å². The van der Waals surface area contributed by atoms with Crippen LogP contribution in [-0.4, -0.2) is 99.6 Å². The van der Waals surface area contributed by atoms with E-state index >= 15 is 0 Å². The Balaban J connectivity index is 1.42. The summed E-state index contributed by atoms with van der Waals surface area (Å²) >= 11 is 0. The van der Waals surface area contributed by atoms with Crippen LogP contribution in [0.2, 0.25) is 0 Å². The highest BCUT2D eigenvalue weighted by Gasteiger charge is 2.44. The van der Waals surface area contributed by atoms with E-state index in [2.05, 4.69) is 9.97 Å². The van der Waals surface area contributed by atoms with E-state index in [1.54, 1.807) is 0 Å². The summed E-state index contributed by atoms with van der Waals surface area (Å²) in [5.41, 5.74) is -1.51. The Bertz CT molecular complexity index is 1040. The molecule has 0 unspecified atom stereocenters. The van der Waals surface area contributed by atoms with Gasteiger partial charge in [-0.1, -0.05) is 0 Å². The van der Waals surface area contributed by atoms with E-state index < -0.39 is 73.7 Å². The average molecular weight is 519 g/mol. The Kier molecular flexibility index (Phi) is 7.72. The van der Waals surface area contributed by atoms with Crippen molar-refractivity contribution in [3.63, 3.8) is 0 Å². The molecular formula is C18H22N4O10S2. The zero-order valence-electron chi connectivity index (χ0n) is 17.3. The fourth-order valence-corrected chi connectivity index (χ4v) is 5.28. The highest BCUT2D eigenvalue weighted by atomic mass is 33.1. The van der Waals surface area contributed by atoms with E-state index in [1.165, 1.54) is 24.5 Å². The second-order valence-corrected chi connectivity index (χ2v) is 9.71. The summed E-state index contributed by atoms with van der Waals surface area (Å²) in [7, 11) is 2.06. The molecule has 0 amide bonds. The summed E-state index contributed by atoms with van der Waals surface area (Å²) in [4.78, 5) is 32.5. The minimum absolute atomic E-state index is 0.271. The summed E-state index contributed by atoms with van der Waals surface area (Å²) in [6.07, 6.45) is -7.36. The van der Waals surface area contributed by atoms with Gasteiger partial charge in [0.05, 0.1) is 13.2 Å². The zero-order valence-corrected chi connectivity index (χ0v) is 18.9. The second-order valence-electron chi connectivity index (χ2n) is 7.54. The maximum Gasteiger partial charge on any atom is 0.350 e. The van der Waals surface area contributed by atoms with Crippen LogP contribution < -0.4 is 11.4 Å². The topological polar surface area (TPSA) is 210 Å². The first-order chi connectivity index (χ1) is 16.2. The van der Waals surface area contributed by atoms with Crippen molar-refractivity contribution >= 4 is 21.6 Å². The van der Waals surface area contributed by atoms with Crippen LogP contribution in [0.15, 0.2) is 44.2 Å². The van der Waals surface area contributed by atoms with E-state index in [4.69, 9.17) is 9.47 Å².